The Labute approximate surface area is 170 Å². The topological polar surface area (TPSA) is 173 Å². The molecule has 0 heterocycles. The molecule has 17 heteroatoms. The van der Waals surface area contributed by atoms with Crippen LogP contribution in [-0.2, 0) is 49.3 Å². The van der Waals surface area contributed by atoms with Gasteiger partial charge in [0.1, 0.15) is 0 Å². The first kappa shape index (κ1) is 29.6. The Morgan fingerprint density at radius 2 is 0.897 bits per heavy atom. The highest BCUT2D eigenvalue weighted by atomic mass is 31.3. The van der Waals surface area contributed by atoms with Crippen LogP contribution in [0, 0.1) is 0 Å². The predicted molar refractivity (Wildman–Crippen MR) is 103 cm³/mol. The Morgan fingerprint density at radius 3 is 1.31 bits per heavy atom. The molecular weight excluding hydrogens is 476 g/mol. The molecule has 0 spiro atoms. The summed E-state index contributed by atoms with van der Waals surface area (Å²) >= 11 is 0. The van der Waals surface area contributed by atoms with Crippen LogP contribution in [0.15, 0.2) is 0 Å². The zero-order chi connectivity index (χ0) is 22.6. The maximum atomic E-state index is 12.8. The van der Waals surface area contributed by atoms with E-state index in [0.29, 0.717) is 19.3 Å². The first-order chi connectivity index (χ1) is 13.4. The lowest BCUT2D eigenvalue weighted by Crippen LogP contribution is -2.06. The third kappa shape index (κ3) is 13.6. The van der Waals surface area contributed by atoms with Crippen LogP contribution in [0.25, 0.3) is 0 Å². The molecule has 0 radical (unpaired) electrons. The summed E-state index contributed by atoms with van der Waals surface area (Å²) in [4.78, 5) is 19.2. The van der Waals surface area contributed by atoms with E-state index in [1.165, 1.54) is 0 Å². The molecule has 0 rings (SSSR count). The summed E-state index contributed by atoms with van der Waals surface area (Å²) in [6.45, 7) is 5.82. The Morgan fingerprint density at radius 1 is 0.517 bits per heavy atom. The van der Waals surface area contributed by atoms with Crippen LogP contribution in [0.3, 0.4) is 0 Å². The van der Waals surface area contributed by atoms with Gasteiger partial charge < -0.3 is 9.79 Å². The second-order valence-corrected chi connectivity index (χ2v) is 12.1. The van der Waals surface area contributed by atoms with Crippen molar-refractivity contribution in [2.75, 3.05) is 26.4 Å². The first-order valence-electron chi connectivity index (χ1n) is 8.94. The van der Waals surface area contributed by atoms with Crippen LogP contribution in [0.2, 0.25) is 0 Å². The maximum absolute atomic E-state index is 12.8. The van der Waals surface area contributed by atoms with Gasteiger partial charge in [-0.15, -0.1) is 0 Å². The second kappa shape index (κ2) is 13.9. The molecule has 3 atom stereocenters. The highest BCUT2D eigenvalue weighted by Crippen LogP contribution is 2.74. The van der Waals surface area contributed by atoms with Gasteiger partial charge >= 0.3 is 31.3 Å². The van der Waals surface area contributed by atoms with Crippen LogP contribution in [0.4, 0.5) is 0 Å². The van der Waals surface area contributed by atoms with Gasteiger partial charge in [-0.2, -0.15) is 12.9 Å². The van der Waals surface area contributed by atoms with Crippen LogP contribution >= 0.6 is 31.3 Å². The van der Waals surface area contributed by atoms with E-state index in [1.54, 1.807) is 27.7 Å². The van der Waals surface area contributed by atoms with E-state index >= 15 is 0 Å². The van der Waals surface area contributed by atoms with E-state index in [-0.39, 0.29) is 32.8 Å². The van der Waals surface area contributed by atoms with E-state index in [1.807, 2.05) is 0 Å². The molecule has 13 nitrogen and oxygen atoms in total. The Bertz CT molecular complexity index is 642. The van der Waals surface area contributed by atoms with Crippen molar-refractivity contribution in [3.8, 4) is 0 Å². The molecular formula is C12H30O13P4. The van der Waals surface area contributed by atoms with Crippen LogP contribution in [0.5, 0.6) is 0 Å². The van der Waals surface area contributed by atoms with Crippen LogP contribution in [-0.4, -0.2) is 36.2 Å². The lowest BCUT2D eigenvalue weighted by Gasteiger charge is -2.24. The zero-order valence-electron chi connectivity index (χ0n) is 16.8. The van der Waals surface area contributed by atoms with E-state index < -0.39 is 31.3 Å². The monoisotopic (exact) mass is 506 g/mol. The maximum Gasteiger partial charge on any atom is 0.492 e. The summed E-state index contributed by atoms with van der Waals surface area (Å²) in [5.41, 5.74) is 0. The molecule has 0 aliphatic carbocycles. The van der Waals surface area contributed by atoms with Crippen LogP contribution in [0.1, 0.15) is 53.4 Å². The molecule has 0 aromatic heterocycles. The summed E-state index contributed by atoms with van der Waals surface area (Å²) in [6.07, 6.45) is 1.36. The summed E-state index contributed by atoms with van der Waals surface area (Å²) in [7, 11) is -20.2. The van der Waals surface area contributed by atoms with Gasteiger partial charge in [0.15, 0.2) is 0 Å². The average Bonchev–Trinajstić information content (AvgIpc) is 2.60. The summed E-state index contributed by atoms with van der Waals surface area (Å²) in [5, 5.41) is 0. The van der Waals surface area contributed by atoms with Gasteiger partial charge in [-0.05, 0) is 25.7 Å². The largest absolute Gasteiger partial charge is 0.492 e. The molecule has 176 valence electrons. The summed E-state index contributed by atoms with van der Waals surface area (Å²) in [5.74, 6) is 0. The molecule has 3 unspecified atom stereocenters. The van der Waals surface area contributed by atoms with Gasteiger partial charge in [0, 0.05) is 0 Å². The molecule has 0 aromatic carbocycles. The van der Waals surface area contributed by atoms with Crippen molar-refractivity contribution in [3.63, 3.8) is 0 Å². The fourth-order valence-electron chi connectivity index (χ4n) is 1.38. The van der Waals surface area contributed by atoms with Gasteiger partial charge in [0.05, 0.1) is 26.4 Å². The molecule has 0 bridgehead atoms. The average molecular weight is 506 g/mol. The number of rotatable bonds is 18. The first-order valence-corrected chi connectivity index (χ1v) is 14.9. The highest BCUT2D eigenvalue weighted by molar-refractivity contribution is 7.70. The normalized spacial score (nSPS) is 18.7. The molecule has 0 aromatic rings. The van der Waals surface area contributed by atoms with Crippen molar-refractivity contribution < 1.29 is 59.1 Å². The van der Waals surface area contributed by atoms with Crippen molar-refractivity contribution >= 4 is 31.3 Å². The van der Waals surface area contributed by atoms with E-state index in [2.05, 4.69) is 13.1 Å². The van der Waals surface area contributed by atoms with Crippen molar-refractivity contribution in [2.24, 2.45) is 0 Å². The molecule has 0 aliphatic rings. The summed E-state index contributed by atoms with van der Waals surface area (Å²) < 4.78 is 81.6. The molecule has 0 saturated carbocycles. The molecule has 29 heavy (non-hydrogen) atoms. The standard InChI is InChI=1S/C12H30O13P4/c1-5-9-19-26(13,14)23-27(15,16)24-29(18,22-12-8-4)25-28(17,20-10-6-2)21-11-7-3/h5-12H2,1-4H3,(H,13,14)(H,15,16). The fraction of sp³-hybridized carbons (Fsp3) is 1.00. The zero-order valence-corrected chi connectivity index (χ0v) is 20.4. The minimum absolute atomic E-state index is 0.112. The number of hydrogen-bond acceptors (Lipinski definition) is 11. The van der Waals surface area contributed by atoms with Crippen molar-refractivity contribution in [1.82, 2.24) is 0 Å². The number of hydrogen-bond donors (Lipinski definition) is 2. The Kier molecular flexibility index (Phi) is 14.1. The molecule has 0 fully saturated rings. The van der Waals surface area contributed by atoms with Crippen LogP contribution < -0.4 is 0 Å². The fourth-order valence-corrected chi connectivity index (χ4v) is 7.84. The van der Waals surface area contributed by atoms with Crippen molar-refractivity contribution in [3.05, 3.63) is 0 Å². The van der Waals surface area contributed by atoms with Gasteiger partial charge in [-0.25, -0.2) is 18.3 Å². The van der Waals surface area contributed by atoms with Crippen molar-refractivity contribution in [1.29, 1.82) is 0 Å². The van der Waals surface area contributed by atoms with E-state index in [4.69, 9.17) is 17.9 Å². The summed E-state index contributed by atoms with van der Waals surface area (Å²) in [6, 6.07) is 0. The molecule has 0 amide bonds. The van der Waals surface area contributed by atoms with Gasteiger partial charge in [-0.1, -0.05) is 27.7 Å². The third-order valence-corrected chi connectivity index (χ3v) is 9.31. The quantitative estimate of drug-likeness (QED) is 0.234. The molecule has 2 N–H and O–H groups in total. The van der Waals surface area contributed by atoms with Gasteiger partial charge in [-0.3, -0.25) is 18.1 Å². The highest BCUT2D eigenvalue weighted by Gasteiger charge is 2.48. The smallest absolute Gasteiger partial charge is 0.302 e. The number of phosphoric ester groups is 2. The SMILES string of the molecule is CCCOP(=O)(O)OP(=O)(O)OP(=O)(OCCC)OP(=O)(OCCC)OCCC. The predicted octanol–water partition coefficient (Wildman–Crippen LogP) is 5.16. The Hall–Kier alpha value is 0.560. The molecule has 0 aliphatic heterocycles. The third-order valence-electron chi connectivity index (χ3n) is 2.43. The minimum Gasteiger partial charge on any atom is -0.302 e. The number of phosphoric acid groups is 4. The Balaban J connectivity index is 5.55. The van der Waals surface area contributed by atoms with Gasteiger partial charge in [0.25, 0.3) is 0 Å². The van der Waals surface area contributed by atoms with E-state index in [0.717, 1.165) is 0 Å². The lowest BCUT2D eigenvalue weighted by atomic mass is 10.5. The minimum atomic E-state index is -5.54. The molecule has 0 saturated heterocycles. The second-order valence-electron chi connectivity index (χ2n) is 5.41. The lowest BCUT2D eigenvalue weighted by molar-refractivity contribution is 0.122. The van der Waals surface area contributed by atoms with Gasteiger partial charge in [0.2, 0.25) is 0 Å². The van der Waals surface area contributed by atoms with Crippen molar-refractivity contribution in [2.45, 2.75) is 53.4 Å². The van der Waals surface area contributed by atoms with E-state index in [9.17, 15) is 28.0 Å².